The molecule has 11 heavy (non-hydrogen) atoms. The summed E-state index contributed by atoms with van der Waals surface area (Å²) in [6.07, 6.45) is 2.45. The lowest BCUT2D eigenvalue weighted by Gasteiger charge is -1.96. The predicted octanol–water partition coefficient (Wildman–Crippen LogP) is 0.421. The average Bonchev–Trinajstić information content (AvgIpc) is 2.34. The largest absolute Gasteiger partial charge is 0.331 e. The first-order valence-electron chi connectivity index (χ1n) is 3.46. The summed E-state index contributed by atoms with van der Waals surface area (Å²) in [6, 6.07) is 1.81. The quantitative estimate of drug-likeness (QED) is 0.620. The number of nitrogens with zero attached hydrogens (tertiary/aromatic N) is 2. The minimum atomic E-state index is -0.365. The Morgan fingerprint density at radius 2 is 2.55 bits per heavy atom. The van der Waals surface area contributed by atoms with Gasteiger partial charge in [0.05, 0.1) is 11.9 Å². The third kappa shape index (κ3) is 2.07. The zero-order chi connectivity index (χ0) is 8.27. The van der Waals surface area contributed by atoms with E-state index in [1.807, 2.05) is 13.0 Å². The molecule has 1 aromatic heterocycles. The zero-order valence-electron chi connectivity index (χ0n) is 6.57. The van der Waals surface area contributed by atoms with Gasteiger partial charge in [-0.2, -0.15) is 0 Å². The zero-order valence-corrected chi connectivity index (χ0v) is 6.57. The van der Waals surface area contributed by atoms with Gasteiger partial charge >= 0.3 is 5.97 Å². The number of carbonyl (C=O) groups is 1. The van der Waals surface area contributed by atoms with Crippen molar-refractivity contribution < 1.29 is 9.63 Å². The highest BCUT2D eigenvalue weighted by molar-refractivity contribution is 5.66. The Hall–Kier alpha value is -1.32. The molecular formula is C7H10N2O2. The van der Waals surface area contributed by atoms with E-state index in [1.165, 1.54) is 11.8 Å². The summed E-state index contributed by atoms with van der Waals surface area (Å²) in [5.74, 6) is -0.365. The summed E-state index contributed by atoms with van der Waals surface area (Å²) in [7, 11) is 0. The van der Waals surface area contributed by atoms with Crippen LogP contribution in [0.3, 0.4) is 0 Å². The minimum absolute atomic E-state index is 0.365. The molecule has 0 unspecified atom stereocenters. The molecule has 0 bridgehead atoms. The van der Waals surface area contributed by atoms with Crippen molar-refractivity contribution in [3.63, 3.8) is 0 Å². The highest BCUT2D eigenvalue weighted by Gasteiger charge is 1.98. The second-order valence-electron chi connectivity index (χ2n) is 2.15. The molecule has 0 aliphatic rings. The van der Waals surface area contributed by atoms with E-state index in [0.717, 1.165) is 12.1 Å². The van der Waals surface area contributed by atoms with Gasteiger partial charge in [0.15, 0.2) is 0 Å². The average molecular weight is 154 g/mol. The number of hydrogen-bond acceptors (Lipinski definition) is 3. The Kier molecular flexibility index (Phi) is 2.25. The standard InChI is InChI=1S/C7H10N2O2/c1-3-7-4-5-9(8-7)11-6(2)10/h4-5H,3H2,1-2H3. The minimum Gasteiger partial charge on any atom is -0.320 e. The fourth-order valence-corrected chi connectivity index (χ4v) is 0.714. The third-order valence-electron chi connectivity index (χ3n) is 1.21. The molecular weight excluding hydrogens is 144 g/mol. The van der Waals surface area contributed by atoms with E-state index in [2.05, 4.69) is 9.94 Å². The number of aromatic nitrogens is 2. The van der Waals surface area contributed by atoms with Crippen LogP contribution in [-0.4, -0.2) is 15.9 Å². The fraction of sp³-hybridized carbons (Fsp3) is 0.429. The van der Waals surface area contributed by atoms with Crippen molar-refractivity contribution >= 4 is 5.97 Å². The lowest BCUT2D eigenvalue weighted by atomic mass is 10.4. The van der Waals surface area contributed by atoms with Crippen LogP contribution >= 0.6 is 0 Å². The molecule has 0 atom stereocenters. The number of carbonyl (C=O) groups excluding carboxylic acids is 1. The highest BCUT2D eigenvalue weighted by Crippen LogP contribution is 1.93. The van der Waals surface area contributed by atoms with Crippen molar-refractivity contribution in [3.05, 3.63) is 18.0 Å². The van der Waals surface area contributed by atoms with Crippen LogP contribution in [0.2, 0.25) is 0 Å². The molecule has 0 aromatic carbocycles. The summed E-state index contributed by atoms with van der Waals surface area (Å²) in [4.78, 5) is 16.3. The van der Waals surface area contributed by atoms with Crippen LogP contribution in [0.4, 0.5) is 0 Å². The molecule has 0 aliphatic carbocycles. The molecule has 4 heteroatoms. The van der Waals surface area contributed by atoms with Crippen LogP contribution < -0.4 is 4.84 Å². The molecule has 1 rings (SSSR count). The van der Waals surface area contributed by atoms with Crippen LogP contribution in [-0.2, 0) is 11.2 Å². The van der Waals surface area contributed by atoms with E-state index in [9.17, 15) is 4.79 Å². The number of aryl methyl sites for hydroxylation is 1. The van der Waals surface area contributed by atoms with E-state index in [4.69, 9.17) is 0 Å². The van der Waals surface area contributed by atoms with Crippen molar-refractivity contribution in [1.82, 2.24) is 9.94 Å². The van der Waals surface area contributed by atoms with Crippen LogP contribution in [0.25, 0.3) is 0 Å². The smallest absolute Gasteiger partial charge is 0.320 e. The van der Waals surface area contributed by atoms with Crippen molar-refractivity contribution in [2.75, 3.05) is 0 Å². The Morgan fingerprint density at radius 1 is 1.82 bits per heavy atom. The van der Waals surface area contributed by atoms with E-state index in [0.29, 0.717) is 0 Å². The van der Waals surface area contributed by atoms with Gasteiger partial charge < -0.3 is 4.84 Å². The van der Waals surface area contributed by atoms with Crippen LogP contribution in [0.1, 0.15) is 19.5 Å². The van der Waals surface area contributed by atoms with Gasteiger partial charge in [0.1, 0.15) is 0 Å². The maximum Gasteiger partial charge on any atom is 0.331 e. The predicted molar refractivity (Wildman–Crippen MR) is 38.9 cm³/mol. The van der Waals surface area contributed by atoms with Gasteiger partial charge in [-0.05, 0) is 12.5 Å². The normalized spacial score (nSPS) is 9.64. The Bertz CT molecular complexity index is 255. The Labute approximate surface area is 64.7 Å². The maximum absolute atomic E-state index is 10.4. The molecule has 60 valence electrons. The van der Waals surface area contributed by atoms with E-state index >= 15 is 0 Å². The first-order valence-corrected chi connectivity index (χ1v) is 3.46. The number of rotatable bonds is 2. The molecule has 0 radical (unpaired) electrons. The first-order chi connectivity index (χ1) is 5.22. The van der Waals surface area contributed by atoms with E-state index < -0.39 is 0 Å². The van der Waals surface area contributed by atoms with Gasteiger partial charge in [0.25, 0.3) is 0 Å². The molecule has 0 aliphatic heterocycles. The number of hydrogen-bond donors (Lipinski definition) is 0. The van der Waals surface area contributed by atoms with Crippen molar-refractivity contribution in [3.8, 4) is 0 Å². The van der Waals surface area contributed by atoms with Gasteiger partial charge in [0, 0.05) is 6.92 Å². The highest BCUT2D eigenvalue weighted by atomic mass is 16.7. The van der Waals surface area contributed by atoms with Crippen molar-refractivity contribution in [1.29, 1.82) is 0 Å². The molecule has 0 saturated carbocycles. The van der Waals surface area contributed by atoms with E-state index in [1.54, 1.807) is 6.20 Å². The molecule has 4 nitrogen and oxygen atoms in total. The van der Waals surface area contributed by atoms with Crippen LogP contribution in [0.5, 0.6) is 0 Å². The van der Waals surface area contributed by atoms with Gasteiger partial charge in [-0.1, -0.05) is 11.8 Å². The first kappa shape index (κ1) is 7.78. The molecule has 1 aromatic rings. The summed E-state index contributed by atoms with van der Waals surface area (Å²) < 4.78 is 0. The topological polar surface area (TPSA) is 44.1 Å². The van der Waals surface area contributed by atoms with Crippen molar-refractivity contribution in [2.45, 2.75) is 20.3 Å². The van der Waals surface area contributed by atoms with Crippen LogP contribution in [0, 0.1) is 0 Å². The van der Waals surface area contributed by atoms with Gasteiger partial charge in [-0.25, -0.2) is 4.79 Å². The lowest BCUT2D eigenvalue weighted by molar-refractivity contribution is -0.143. The molecule has 0 saturated heterocycles. The maximum atomic E-state index is 10.4. The van der Waals surface area contributed by atoms with Crippen LogP contribution in [0.15, 0.2) is 12.3 Å². The Morgan fingerprint density at radius 3 is 3.00 bits per heavy atom. The SMILES string of the molecule is CCc1ccn(OC(C)=O)n1. The Balaban J connectivity index is 2.65. The van der Waals surface area contributed by atoms with Gasteiger partial charge in [0.2, 0.25) is 0 Å². The van der Waals surface area contributed by atoms with Crippen molar-refractivity contribution in [2.24, 2.45) is 0 Å². The summed E-state index contributed by atoms with van der Waals surface area (Å²) in [5.41, 5.74) is 0.909. The molecule has 0 spiro atoms. The molecule has 0 fully saturated rings. The monoisotopic (exact) mass is 154 g/mol. The summed E-state index contributed by atoms with van der Waals surface area (Å²) in [6.45, 7) is 3.33. The second kappa shape index (κ2) is 3.18. The second-order valence-corrected chi connectivity index (χ2v) is 2.15. The third-order valence-corrected chi connectivity index (χ3v) is 1.21. The van der Waals surface area contributed by atoms with Gasteiger partial charge in [-0.15, -0.1) is 5.10 Å². The fourth-order valence-electron chi connectivity index (χ4n) is 0.714. The van der Waals surface area contributed by atoms with E-state index in [-0.39, 0.29) is 5.97 Å². The summed E-state index contributed by atoms with van der Waals surface area (Å²) >= 11 is 0. The molecule has 1 heterocycles. The lowest BCUT2D eigenvalue weighted by Crippen LogP contribution is -2.16. The molecule has 0 N–H and O–H groups in total. The molecule has 0 amide bonds. The van der Waals surface area contributed by atoms with Gasteiger partial charge in [-0.3, -0.25) is 0 Å². The summed E-state index contributed by atoms with van der Waals surface area (Å²) in [5, 5.41) is 3.94.